The molecule has 0 amide bonds. The summed E-state index contributed by atoms with van der Waals surface area (Å²) in [7, 11) is -1.20. The Kier molecular flexibility index (Phi) is 5.10. The van der Waals surface area contributed by atoms with Gasteiger partial charge in [-0.1, -0.05) is 19.6 Å². The van der Waals surface area contributed by atoms with Gasteiger partial charge in [0.15, 0.2) is 0 Å². The Labute approximate surface area is 89.1 Å². The summed E-state index contributed by atoms with van der Waals surface area (Å²) < 4.78 is 0. The monoisotopic (exact) mass is 216 g/mol. The fourth-order valence-electron chi connectivity index (χ4n) is 0.928. The van der Waals surface area contributed by atoms with Crippen molar-refractivity contribution < 1.29 is 0 Å². The first-order valence-electron chi connectivity index (χ1n) is 4.87. The first-order valence-corrected chi connectivity index (χ1v) is 8.91. The Morgan fingerprint density at radius 3 is 2.15 bits per heavy atom. The zero-order chi connectivity index (χ0) is 10.5. The largest absolute Gasteiger partial charge is 0.131 e. The lowest BCUT2D eigenvalue weighted by molar-refractivity contribution is 0.453. The second-order valence-corrected chi connectivity index (χ2v) is 10.3. The van der Waals surface area contributed by atoms with E-state index in [-0.39, 0.29) is 5.41 Å². The van der Waals surface area contributed by atoms with Gasteiger partial charge in [0.25, 0.3) is 0 Å². The molecular formula is C11H21ClSi. The van der Waals surface area contributed by atoms with E-state index < -0.39 is 8.07 Å². The molecule has 0 aliphatic carbocycles. The van der Waals surface area contributed by atoms with Crippen molar-refractivity contribution in [1.29, 1.82) is 0 Å². The predicted molar refractivity (Wildman–Crippen MR) is 64.9 cm³/mol. The van der Waals surface area contributed by atoms with Crippen molar-refractivity contribution in [2.24, 2.45) is 5.41 Å². The maximum Gasteiger partial charge on any atom is 0.129 e. The van der Waals surface area contributed by atoms with Gasteiger partial charge in [-0.15, -0.1) is 23.1 Å². The molecule has 76 valence electrons. The summed E-state index contributed by atoms with van der Waals surface area (Å²) in [6, 6.07) is 0. The van der Waals surface area contributed by atoms with Crippen molar-refractivity contribution in [3.63, 3.8) is 0 Å². The third-order valence-electron chi connectivity index (χ3n) is 1.71. The highest BCUT2D eigenvalue weighted by Crippen LogP contribution is 2.21. The Morgan fingerprint density at radius 1 is 1.23 bits per heavy atom. The van der Waals surface area contributed by atoms with Crippen molar-refractivity contribution in [3.8, 4) is 11.5 Å². The molecule has 0 saturated heterocycles. The fraction of sp³-hybridized carbons (Fsp3) is 0.818. The van der Waals surface area contributed by atoms with E-state index in [1.54, 1.807) is 0 Å². The quantitative estimate of drug-likeness (QED) is 0.381. The molecule has 0 radical (unpaired) electrons. The summed E-state index contributed by atoms with van der Waals surface area (Å²) >= 11 is 5.66. The van der Waals surface area contributed by atoms with Gasteiger partial charge < -0.3 is 0 Å². The second-order valence-electron chi connectivity index (χ2n) is 5.18. The zero-order valence-electron chi connectivity index (χ0n) is 9.50. The first-order chi connectivity index (χ1) is 5.77. The molecule has 0 spiro atoms. The SMILES string of the molecule is CC(C)(C#C[Si](C)(C)C)CCCCl. The van der Waals surface area contributed by atoms with E-state index in [2.05, 4.69) is 45.0 Å². The van der Waals surface area contributed by atoms with Crippen molar-refractivity contribution in [3.05, 3.63) is 0 Å². The van der Waals surface area contributed by atoms with Crippen LogP contribution in [-0.2, 0) is 0 Å². The molecule has 2 heteroatoms. The maximum absolute atomic E-state index is 5.66. The molecule has 0 bridgehead atoms. The number of alkyl halides is 1. The lowest BCUT2D eigenvalue weighted by Gasteiger charge is -2.17. The molecule has 13 heavy (non-hydrogen) atoms. The summed E-state index contributed by atoms with van der Waals surface area (Å²) in [5, 5.41) is 0. The molecule has 0 nitrogen and oxygen atoms in total. The van der Waals surface area contributed by atoms with E-state index in [0.717, 1.165) is 18.7 Å². The molecule has 0 atom stereocenters. The van der Waals surface area contributed by atoms with Crippen LogP contribution in [0.5, 0.6) is 0 Å². The smallest absolute Gasteiger partial charge is 0.129 e. The van der Waals surface area contributed by atoms with Gasteiger partial charge in [0.2, 0.25) is 0 Å². The average molecular weight is 217 g/mol. The van der Waals surface area contributed by atoms with Gasteiger partial charge in [0.1, 0.15) is 8.07 Å². The second kappa shape index (κ2) is 5.07. The summed E-state index contributed by atoms with van der Waals surface area (Å²) in [4.78, 5) is 0. The van der Waals surface area contributed by atoms with Crippen LogP contribution in [0.15, 0.2) is 0 Å². The molecule has 0 aliphatic heterocycles. The van der Waals surface area contributed by atoms with Crippen molar-refractivity contribution in [2.45, 2.75) is 46.3 Å². The Morgan fingerprint density at radius 2 is 1.77 bits per heavy atom. The van der Waals surface area contributed by atoms with Crippen LogP contribution in [0.3, 0.4) is 0 Å². The van der Waals surface area contributed by atoms with Crippen molar-refractivity contribution in [2.75, 3.05) is 5.88 Å². The minimum atomic E-state index is -1.20. The van der Waals surface area contributed by atoms with Gasteiger partial charge in [-0.2, -0.15) is 0 Å². The van der Waals surface area contributed by atoms with E-state index in [0.29, 0.717) is 0 Å². The molecule has 0 fully saturated rings. The van der Waals surface area contributed by atoms with Gasteiger partial charge in [-0.25, -0.2) is 0 Å². The molecule has 0 N–H and O–H groups in total. The fourth-order valence-corrected chi connectivity index (χ4v) is 1.77. The van der Waals surface area contributed by atoms with E-state index >= 15 is 0 Å². The third-order valence-corrected chi connectivity index (χ3v) is 2.85. The van der Waals surface area contributed by atoms with E-state index in [9.17, 15) is 0 Å². The summed E-state index contributed by atoms with van der Waals surface area (Å²) in [6.07, 6.45) is 2.17. The van der Waals surface area contributed by atoms with Crippen LogP contribution in [0.1, 0.15) is 26.7 Å². The molecule has 0 aliphatic rings. The lowest BCUT2D eigenvalue weighted by atomic mass is 9.89. The highest BCUT2D eigenvalue weighted by Gasteiger charge is 2.15. The standard InChI is InChI=1S/C11H21ClSi/c1-11(2,7-6-9-12)8-10-13(3,4)5/h6-7,9H2,1-5H3. The topological polar surface area (TPSA) is 0 Å². The predicted octanol–water partition coefficient (Wildman–Crippen LogP) is 3.91. The van der Waals surface area contributed by atoms with Crippen molar-refractivity contribution >= 4 is 19.7 Å². The van der Waals surface area contributed by atoms with Crippen LogP contribution < -0.4 is 0 Å². The Balaban J connectivity index is 4.20. The van der Waals surface area contributed by atoms with Crippen LogP contribution in [0.25, 0.3) is 0 Å². The Bertz CT molecular complexity index is 202. The van der Waals surface area contributed by atoms with E-state index in [1.807, 2.05) is 0 Å². The highest BCUT2D eigenvalue weighted by molar-refractivity contribution is 6.83. The number of hydrogen-bond acceptors (Lipinski definition) is 0. The van der Waals surface area contributed by atoms with Gasteiger partial charge >= 0.3 is 0 Å². The molecule has 0 rings (SSSR count). The number of hydrogen-bond donors (Lipinski definition) is 0. The van der Waals surface area contributed by atoms with E-state index in [4.69, 9.17) is 11.6 Å². The molecule has 0 aromatic heterocycles. The summed E-state index contributed by atoms with van der Waals surface area (Å²) in [5.41, 5.74) is 3.56. The van der Waals surface area contributed by atoms with Gasteiger partial charge in [0, 0.05) is 11.3 Å². The van der Waals surface area contributed by atoms with Gasteiger partial charge in [-0.05, 0) is 26.7 Å². The molecular weight excluding hydrogens is 196 g/mol. The maximum atomic E-state index is 5.66. The number of rotatable bonds is 3. The van der Waals surface area contributed by atoms with Crippen LogP contribution in [0.4, 0.5) is 0 Å². The zero-order valence-corrected chi connectivity index (χ0v) is 11.3. The molecule has 0 unspecified atom stereocenters. The molecule has 0 heterocycles. The lowest BCUT2D eigenvalue weighted by Crippen LogP contribution is -2.18. The van der Waals surface area contributed by atoms with Crippen LogP contribution >= 0.6 is 11.6 Å². The number of halogens is 1. The van der Waals surface area contributed by atoms with Gasteiger partial charge in [-0.3, -0.25) is 0 Å². The minimum absolute atomic E-state index is 0.148. The van der Waals surface area contributed by atoms with Gasteiger partial charge in [0.05, 0.1) is 0 Å². The third kappa shape index (κ3) is 8.40. The molecule has 0 aromatic rings. The summed E-state index contributed by atoms with van der Waals surface area (Å²) in [5.74, 6) is 4.13. The van der Waals surface area contributed by atoms with E-state index in [1.165, 1.54) is 0 Å². The van der Waals surface area contributed by atoms with Crippen molar-refractivity contribution in [1.82, 2.24) is 0 Å². The Hall–Kier alpha value is 0.0669. The normalized spacial score (nSPS) is 12.2. The summed E-state index contributed by atoms with van der Waals surface area (Å²) in [6.45, 7) is 11.2. The van der Waals surface area contributed by atoms with Crippen LogP contribution in [-0.4, -0.2) is 14.0 Å². The average Bonchev–Trinajstić information content (AvgIpc) is 1.97. The van der Waals surface area contributed by atoms with Crippen LogP contribution in [0.2, 0.25) is 19.6 Å². The first kappa shape index (κ1) is 13.1. The molecule has 0 saturated carbocycles. The molecule has 0 aromatic carbocycles. The highest BCUT2D eigenvalue weighted by atomic mass is 35.5. The minimum Gasteiger partial charge on any atom is -0.131 e. The van der Waals surface area contributed by atoms with Crippen LogP contribution in [0, 0.1) is 16.9 Å².